The molecule has 0 saturated carbocycles. The van der Waals surface area contributed by atoms with E-state index >= 15 is 0 Å². The highest BCUT2D eigenvalue weighted by atomic mass is 35.7. The van der Waals surface area contributed by atoms with E-state index in [1.165, 1.54) is 4.90 Å². The fourth-order valence-electron chi connectivity index (χ4n) is 1.71. The van der Waals surface area contributed by atoms with Gasteiger partial charge in [-0.2, -0.15) is 0 Å². The van der Waals surface area contributed by atoms with Crippen LogP contribution in [-0.4, -0.2) is 45.5 Å². The Morgan fingerprint density at radius 1 is 1.38 bits per heavy atom. The Morgan fingerprint density at radius 3 is 2.57 bits per heavy atom. The molecule has 0 aliphatic rings. The molecule has 0 radical (unpaired) electrons. The molecule has 1 aromatic rings. The van der Waals surface area contributed by atoms with Gasteiger partial charge in [-0.1, -0.05) is 0 Å². The highest BCUT2D eigenvalue weighted by Crippen LogP contribution is 2.20. The van der Waals surface area contributed by atoms with Crippen LogP contribution >= 0.6 is 10.7 Å². The van der Waals surface area contributed by atoms with Crippen molar-refractivity contribution >= 4 is 25.6 Å². The minimum absolute atomic E-state index is 0.292. The molecule has 0 N–H and O–H groups in total. The number of nitrogens with zero attached hydrogens (tertiary/aromatic N) is 1. The molecule has 0 atom stereocenters. The first-order valence-electron chi connectivity index (χ1n) is 6.42. The number of amides is 1. The zero-order valence-electron chi connectivity index (χ0n) is 11.8. The van der Waals surface area contributed by atoms with E-state index in [0.717, 1.165) is 18.2 Å². The quantitative estimate of drug-likeness (QED) is 0.565. The van der Waals surface area contributed by atoms with Gasteiger partial charge in [-0.05, 0) is 32.0 Å². The summed E-state index contributed by atoms with van der Waals surface area (Å²) in [5, 5.41) is 0. The van der Waals surface area contributed by atoms with E-state index in [4.69, 9.17) is 15.4 Å². The molecule has 0 aliphatic heterocycles. The number of ether oxygens (including phenoxy) is 1. The molecule has 5 nitrogen and oxygen atoms in total. The lowest BCUT2D eigenvalue weighted by Crippen LogP contribution is -2.34. The molecule has 0 heterocycles. The molecular formula is C13H17ClFNO4S. The van der Waals surface area contributed by atoms with Gasteiger partial charge in [0.25, 0.3) is 15.0 Å². The number of halogens is 2. The predicted octanol–water partition coefficient (Wildman–Crippen LogP) is 2.25. The number of rotatable bonds is 7. The highest BCUT2D eigenvalue weighted by molar-refractivity contribution is 8.13. The van der Waals surface area contributed by atoms with Gasteiger partial charge < -0.3 is 9.64 Å². The second-order valence-electron chi connectivity index (χ2n) is 4.16. The third kappa shape index (κ3) is 4.94. The Balaban J connectivity index is 3.04. The first-order valence-corrected chi connectivity index (χ1v) is 8.73. The van der Waals surface area contributed by atoms with E-state index in [1.54, 1.807) is 6.92 Å². The third-order valence-corrected chi connectivity index (χ3v) is 4.18. The van der Waals surface area contributed by atoms with Crippen LogP contribution in [0.4, 0.5) is 4.39 Å². The monoisotopic (exact) mass is 337 g/mol. The molecule has 0 saturated heterocycles. The molecule has 1 aromatic carbocycles. The molecule has 0 aliphatic carbocycles. The molecule has 21 heavy (non-hydrogen) atoms. The maximum atomic E-state index is 13.8. The smallest absolute Gasteiger partial charge is 0.261 e. The fraction of sp³-hybridized carbons (Fsp3) is 0.462. The van der Waals surface area contributed by atoms with Crippen LogP contribution in [-0.2, 0) is 13.8 Å². The lowest BCUT2D eigenvalue weighted by Gasteiger charge is -2.21. The summed E-state index contributed by atoms with van der Waals surface area (Å²) in [5.74, 6) is -1.39. The second-order valence-corrected chi connectivity index (χ2v) is 6.73. The van der Waals surface area contributed by atoms with E-state index in [-0.39, 0.29) is 10.5 Å². The van der Waals surface area contributed by atoms with E-state index in [9.17, 15) is 17.6 Å². The summed E-state index contributed by atoms with van der Waals surface area (Å²) >= 11 is 0. The van der Waals surface area contributed by atoms with Gasteiger partial charge in [-0.3, -0.25) is 4.79 Å². The molecule has 0 aromatic heterocycles. The maximum Gasteiger partial charge on any atom is 0.261 e. The van der Waals surface area contributed by atoms with Crippen LogP contribution in [0.5, 0.6) is 0 Å². The summed E-state index contributed by atoms with van der Waals surface area (Å²) in [5.41, 5.74) is -0.324. The van der Waals surface area contributed by atoms with Gasteiger partial charge in [0.15, 0.2) is 0 Å². The average Bonchev–Trinajstić information content (AvgIpc) is 2.42. The number of carbonyl (C=O) groups is 1. The predicted molar refractivity (Wildman–Crippen MR) is 77.5 cm³/mol. The van der Waals surface area contributed by atoms with Crippen LogP contribution in [0.2, 0.25) is 0 Å². The number of carbonyl (C=O) groups excluding carboxylic acids is 1. The van der Waals surface area contributed by atoms with Gasteiger partial charge >= 0.3 is 0 Å². The van der Waals surface area contributed by atoms with Gasteiger partial charge in [0, 0.05) is 30.4 Å². The van der Waals surface area contributed by atoms with Crippen LogP contribution in [0.1, 0.15) is 24.2 Å². The van der Waals surface area contributed by atoms with E-state index < -0.39 is 20.8 Å². The summed E-state index contributed by atoms with van der Waals surface area (Å²) in [6, 6.07) is 2.88. The van der Waals surface area contributed by atoms with E-state index in [0.29, 0.717) is 26.3 Å². The highest BCUT2D eigenvalue weighted by Gasteiger charge is 2.21. The van der Waals surface area contributed by atoms with Crippen LogP contribution in [0.15, 0.2) is 23.1 Å². The van der Waals surface area contributed by atoms with Gasteiger partial charge in [-0.25, -0.2) is 12.8 Å². The number of hydrogen-bond donors (Lipinski definition) is 0. The van der Waals surface area contributed by atoms with Gasteiger partial charge in [-0.15, -0.1) is 0 Å². The molecule has 1 rings (SSSR count). The zero-order chi connectivity index (χ0) is 16.0. The molecular weight excluding hydrogens is 321 g/mol. The first-order chi connectivity index (χ1) is 9.81. The maximum absolute atomic E-state index is 13.8. The second kappa shape index (κ2) is 7.72. The van der Waals surface area contributed by atoms with Crippen LogP contribution in [0, 0.1) is 5.82 Å². The van der Waals surface area contributed by atoms with Gasteiger partial charge in [0.05, 0.1) is 17.1 Å². The number of likely N-dealkylation sites (N-methyl/N-ethyl adjacent to an activating group) is 1. The molecule has 0 bridgehead atoms. The lowest BCUT2D eigenvalue weighted by atomic mass is 10.2. The van der Waals surface area contributed by atoms with Crippen molar-refractivity contribution in [2.24, 2.45) is 0 Å². The summed E-state index contributed by atoms with van der Waals surface area (Å²) < 4.78 is 41.5. The minimum Gasteiger partial charge on any atom is -0.380 e. The fourth-order valence-corrected chi connectivity index (χ4v) is 2.49. The van der Waals surface area contributed by atoms with Gasteiger partial charge in [0.1, 0.15) is 5.82 Å². The zero-order valence-corrected chi connectivity index (χ0v) is 13.4. The van der Waals surface area contributed by atoms with Gasteiger partial charge in [0.2, 0.25) is 0 Å². The summed E-state index contributed by atoms with van der Waals surface area (Å²) in [6.07, 6.45) is 0. The normalized spacial score (nSPS) is 11.4. The van der Waals surface area contributed by atoms with Crippen molar-refractivity contribution in [1.29, 1.82) is 0 Å². The molecule has 0 unspecified atom stereocenters. The molecule has 0 spiro atoms. The minimum atomic E-state index is -4.02. The molecule has 118 valence electrons. The van der Waals surface area contributed by atoms with Crippen molar-refractivity contribution in [3.8, 4) is 0 Å². The Labute approximate surface area is 128 Å². The van der Waals surface area contributed by atoms with Crippen LogP contribution < -0.4 is 0 Å². The molecule has 8 heteroatoms. The summed E-state index contributed by atoms with van der Waals surface area (Å²) in [7, 11) is 1.19. The average molecular weight is 338 g/mol. The van der Waals surface area contributed by atoms with E-state index in [2.05, 4.69) is 0 Å². The molecule has 0 fully saturated rings. The first kappa shape index (κ1) is 17.9. The summed E-state index contributed by atoms with van der Waals surface area (Å²) in [6.45, 7) is 5.05. The van der Waals surface area contributed by atoms with Crippen molar-refractivity contribution < 1.29 is 22.3 Å². The number of benzene rings is 1. The topological polar surface area (TPSA) is 63.7 Å². The third-order valence-electron chi connectivity index (χ3n) is 2.83. The largest absolute Gasteiger partial charge is 0.380 e. The van der Waals surface area contributed by atoms with Crippen molar-refractivity contribution in [2.45, 2.75) is 18.7 Å². The Hall–Kier alpha value is -1.18. The Morgan fingerprint density at radius 2 is 2.05 bits per heavy atom. The van der Waals surface area contributed by atoms with Crippen molar-refractivity contribution in [2.75, 3.05) is 26.3 Å². The SMILES string of the molecule is CCOCCN(CC)C(=O)c1cc(S(=O)(=O)Cl)ccc1F. The van der Waals surface area contributed by atoms with Crippen molar-refractivity contribution in [3.63, 3.8) is 0 Å². The summed E-state index contributed by atoms with van der Waals surface area (Å²) in [4.78, 5) is 13.3. The standard InChI is InChI=1S/C13H17ClFNO4S/c1-3-16(7-8-20-4-2)13(17)11-9-10(21(14,18)19)5-6-12(11)15/h5-6,9H,3-4,7-8H2,1-2H3. The van der Waals surface area contributed by atoms with Crippen LogP contribution in [0.3, 0.4) is 0 Å². The Kier molecular flexibility index (Phi) is 6.57. The lowest BCUT2D eigenvalue weighted by molar-refractivity contribution is 0.0664. The van der Waals surface area contributed by atoms with Crippen molar-refractivity contribution in [3.05, 3.63) is 29.6 Å². The van der Waals surface area contributed by atoms with E-state index in [1.807, 2.05) is 6.92 Å². The van der Waals surface area contributed by atoms with Crippen molar-refractivity contribution in [1.82, 2.24) is 4.90 Å². The number of hydrogen-bond acceptors (Lipinski definition) is 4. The Bertz CT molecular complexity index is 606. The molecule has 1 amide bonds. The van der Waals surface area contributed by atoms with Crippen LogP contribution in [0.25, 0.3) is 0 Å².